The van der Waals surface area contributed by atoms with Crippen molar-refractivity contribution in [3.63, 3.8) is 0 Å². The highest BCUT2D eigenvalue weighted by Gasteiger charge is 2.23. The van der Waals surface area contributed by atoms with E-state index in [9.17, 15) is 14.0 Å². The molecule has 0 aliphatic carbocycles. The normalized spacial score (nSPS) is 13.5. The van der Waals surface area contributed by atoms with Gasteiger partial charge in [0.1, 0.15) is 10.8 Å². The summed E-state index contributed by atoms with van der Waals surface area (Å²) in [5.74, 6) is -0.0108. The van der Waals surface area contributed by atoms with Crippen LogP contribution in [-0.4, -0.2) is 74.2 Å². The van der Waals surface area contributed by atoms with Gasteiger partial charge in [0.2, 0.25) is 0 Å². The molecule has 2 aromatic carbocycles. The number of amides is 2. The van der Waals surface area contributed by atoms with Crippen LogP contribution in [0.4, 0.5) is 14.9 Å². The van der Waals surface area contributed by atoms with Crippen LogP contribution in [0.5, 0.6) is 0 Å². The molecule has 1 heterocycles. The summed E-state index contributed by atoms with van der Waals surface area (Å²) >= 11 is 5.77. The maximum absolute atomic E-state index is 13.2. The van der Waals surface area contributed by atoms with Gasteiger partial charge in [-0.25, -0.2) is 9.18 Å². The number of thiocarbonyl (C=S) groups is 1. The van der Waals surface area contributed by atoms with E-state index in [4.69, 9.17) is 12.2 Å². The van der Waals surface area contributed by atoms with Crippen molar-refractivity contribution in [3.05, 3.63) is 65.0 Å². The molecule has 0 bridgehead atoms. The molecule has 36 heavy (non-hydrogen) atoms. The number of hydrogen-bond donors (Lipinski definition) is 2. The monoisotopic (exact) mass is 516 g/mol. The number of carbonyl (C=O) groups is 2. The summed E-state index contributed by atoms with van der Waals surface area (Å²) in [6.45, 7) is 6.42. The summed E-state index contributed by atoms with van der Waals surface area (Å²) < 4.78 is 17.3. The van der Waals surface area contributed by atoms with Crippen LogP contribution >= 0.6 is 12.2 Å². The first-order valence-corrected chi connectivity index (χ1v) is 12.4. The van der Waals surface area contributed by atoms with Crippen LogP contribution in [0.3, 0.4) is 0 Å². The molecule has 0 unspecified atom stereocenters. The summed E-state index contributed by atoms with van der Waals surface area (Å²) in [6, 6.07) is 12.6. The molecule has 1 saturated heterocycles. The quantitative estimate of drug-likeness (QED) is 0.434. The van der Waals surface area contributed by atoms with Gasteiger partial charge >= 0.3 is 12.0 Å². The number of rotatable bonds is 6. The third-order valence-electron chi connectivity index (χ3n) is 5.99. The molecule has 2 aromatic rings. The molecule has 0 saturated carbocycles. The topological polar surface area (TPSA) is 73.9 Å². The average molecular weight is 517 g/mol. The summed E-state index contributed by atoms with van der Waals surface area (Å²) in [7, 11) is 5.29. The van der Waals surface area contributed by atoms with Gasteiger partial charge in [-0.05, 0) is 69.1 Å². The second-order valence-electron chi connectivity index (χ2n) is 9.03. The van der Waals surface area contributed by atoms with Gasteiger partial charge in [0.15, 0.2) is 0 Å². The highest BCUT2D eigenvalue weighted by molar-refractivity contribution is 7.80. The Hall–Kier alpha value is -3.04. The van der Waals surface area contributed by atoms with Gasteiger partial charge in [-0.1, -0.05) is 36.5 Å². The third kappa shape index (κ3) is 9.54. The predicted octanol–water partition coefficient (Wildman–Crippen LogP) is 4.55. The van der Waals surface area contributed by atoms with E-state index < -0.39 is 0 Å². The Morgan fingerprint density at radius 2 is 1.75 bits per heavy atom. The van der Waals surface area contributed by atoms with Crippen molar-refractivity contribution in [2.45, 2.75) is 32.6 Å². The predicted molar refractivity (Wildman–Crippen MR) is 146 cm³/mol. The fourth-order valence-electron chi connectivity index (χ4n) is 3.78. The van der Waals surface area contributed by atoms with E-state index in [0.29, 0.717) is 12.5 Å². The van der Waals surface area contributed by atoms with Gasteiger partial charge in [-0.3, -0.25) is 4.79 Å². The number of halogens is 1. The van der Waals surface area contributed by atoms with Crippen molar-refractivity contribution in [1.29, 1.82) is 0 Å². The molecule has 2 N–H and O–H groups in total. The van der Waals surface area contributed by atoms with Gasteiger partial charge < -0.3 is 25.2 Å². The molecule has 0 spiro atoms. The van der Waals surface area contributed by atoms with Gasteiger partial charge in [0.05, 0.1) is 7.11 Å². The van der Waals surface area contributed by atoms with E-state index >= 15 is 0 Å². The maximum atomic E-state index is 13.2. The van der Waals surface area contributed by atoms with Crippen molar-refractivity contribution in [1.82, 2.24) is 15.1 Å². The number of urea groups is 1. The first kappa shape index (κ1) is 29.2. The highest BCUT2D eigenvalue weighted by atomic mass is 32.1. The molecule has 0 atom stereocenters. The Morgan fingerprint density at radius 3 is 2.31 bits per heavy atom. The van der Waals surface area contributed by atoms with Crippen LogP contribution in [0.1, 0.15) is 42.4 Å². The second kappa shape index (κ2) is 14.5. The van der Waals surface area contributed by atoms with E-state index in [1.165, 1.54) is 31.7 Å². The number of piperidine rings is 1. The number of likely N-dealkylation sites (tertiary alicyclic amines) is 1. The Kier molecular flexibility index (Phi) is 11.8. The smallest absolute Gasteiger partial charge is 0.319 e. The minimum atomic E-state index is -0.245. The number of ether oxygens (including phenoxy) is 1. The number of esters is 1. The molecular formula is C27H37FN4O3S. The molecule has 7 nitrogen and oxygen atoms in total. The zero-order valence-corrected chi connectivity index (χ0v) is 22.6. The fraction of sp³-hybridized carbons (Fsp3) is 0.444. The van der Waals surface area contributed by atoms with Crippen LogP contribution in [-0.2, 0) is 9.53 Å². The average Bonchev–Trinajstić information content (AvgIpc) is 2.85. The fourth-order valence-corrected chi connectivity index (χ4v) is 4.09. The van der Waals surface area contributed by atoms with Gasteiger partial charge in [0, 0.05) is 44.4 Å². The number of hydrogen-bond acceptors (Lipinski definition) is 5. The Balaban J connectivity index is 0.000000830. The lowest BCUT2D eigenvalue weighted by atomic mass is 9.89. The molecule has 9 heteroatoms. The SMILES string of the molecule is COC(C)=O.Cc1ccc(C(=S)N2CCC(c3ccc(F)cc3)CC2)cc1NC(=O)NCCN(C)C. The van der Waals surface area contributed by atoms with Gasteiger partial charge in [0.25, 0.3) is 0 Å². The molecule has 0 radical (unpaired) electrons. The lowest BCUT2D eigenvalue weighted by Crippen LogP contribution is -2.37. The van der Waals surface area contributed by atoms with Crippen molar-refractivity contribution < 1.29 is 18.7 Å². The second-order valence-corrected chi connectivity index (χ2v) is 9.41. The van der Waals surface area contributed by atoms with Crippen molar-refractivity contribution >= 4 is 34.9 Å². The minimum absolute atomic E-state index is 0.197. The zero-order chi connectivity index (χ0) is 26.7. The number of likely N-dealkylation sites (N-methyl/N-ethyl adjacent to an activating group) is 1. The lowest BCUT2D eigenvalue weighted by molar-refractivity contribution is -0.137. The molecule has 0 aromatic heterocycles. The maximum Gasteiger partial charge on any atom is 0.319 e. The Labute approximate surface area is 219 Å². The first-order chi connectivity index (χ1) is 17.1. The highest BCUT2D eigenvalue weighted by Crippen LogP contribution is 2.29. The first-order valence-electron chi connectivity index (χ1n) is 12.0. The van der Waals surface area contributed by atoms with Crippen LogP contribution in [0.15, 0.2) is 42.5 Å². The van der Waals surface area contributed by atoms with Crippen LogP contribution in [0.2, 0.25) is 0 Å². The van der Waals surface area contributed by atoms with Crippen LogP contribution in [0, 0.1) is 12.7 Å². The number of anilines is 1. The summed E-state index contributed by atoms with van der Waals surface area (Å²) in [5.41, 5.74) is 3.88. The molecule has 1 fully saturated rings. The van der Waals surface area contributed by atoms with E-state index in [2.05, 4.69) is 20.3 Å². The van der Waals surface area contributed by atoms with Crippen molar-refractivity contribution in [2.75, 3.05) is 52.7 Å². The van der Waals surface area contributed by atoms with E-state index in [1.807, 2.05) is 56.3 Å². The number of nitrogens with one attached hydrogen (secondary N) is 2. The van der Waals surface area contributed by atoms with E-state index in [1.54, 1.807) is 0 Å². The number of benzene rings is 2. The molecule has 2 amide bonds. The van der Waals surface area contributed by atoms with Crippen molar-refractivity contribution in [3.8, 4) is 0 Å². The molecule has 1 aliphatic rings. The van der Waals surface area contributed by atoms with Gasteiger partial charge in [-0.15, -0.1) is 0 Å². The Morgan fingerprint density at radius 1 is 1.14 bits per heavy atom. The number of methoxy groups -OCH3 is 1. The summed E-state index contributed by atoms with van der Waals surface area (Å²) in [5, 5.41) is 5.81. The van der Waals surface area contributed by atoms with E-state index in [-0.39, 0.29) is 17.8 Å². The molecular weight excluding hydrogens is 479 g/mol. The van der Waals surface area contributed by atoms with E-state index in [0.717, 1.165) is 54.3 Å². The summed E-state index contributed by atoms with van der Waals surface area (Å²) in [6.07, 6.45) is 1.97. The lowest BCUT2D eigenvalue weighted by Gasteiger charge is -2.34. The zero-order valence-electron chi connectivity index (χ0n) is 21.8. The standard InChI is InChI=1S/C24H31FN4OS.C3H6O2/c1-17-4-5-20(16-22(17)27-24(30)26-12-15-28(2)3)23(31)29-13-10-19(11-14-29)18-6-8-21(25)9-7-18;1-3(4)5-2/h4-9,16,19H,10-15H2,1-3H3,(H2,26,27,30);1-2H3. The van der Waals surface area contributed by atoms with Crippen LogP contribution < -0.4 is 10.6 Å². The molecule has 3 rings (SSSR count). The molecule has 1 aliphatic heterocycles. The summed E-state index contributed by atoms with van der Waals surface area (Å²) in [4.78, 5) is 26.8. The van der Waals surface area contributed by atoms with Crippen LogP contribution in [0.25, 0.3) is 0 Å². The van der Waals surface area contributed by atoms with Crippen molar-refractivity contribution in [2.24, 2.45) is 0 Å². The Bertz CT molecular complexity index is 1020. The number of aryl methyl sites for hydroxylation is 1. The number of carbonyl (C=O) groups excluding carboxylic acids is 2. The number of nitrogens with zero attached hydrogens (tertiary/aromatic N) is 2. The molecule has 196 valence electrons. The minimum Gasteiger partial charge on any atom is -0.469 e. The largest absolute Gasteiger partial charge is 0.469 e. The third-order valence-corrected chi connectivity index (χ3v) is 6.48. The van der Waals surface area contributed by atoms with Gasteiger partial charge in [-0.2, -0.15) is 0 Å².